The van der Waals surface area contributed by atoms with Crippen LogP contribution in [0, 0.1) is 0 Å². The average Bonchev–Trinajstić information content (AvgIpc) is 2.85. The number of nitrogens with one attached hydrogen (secondary N) is 1. The first kappa shape index (κ1) is 20.6. The number of carboxylic acids is 1. The first-order chi connectivity index (χ1) is 14.9. The van der Waals surface area contributed by atoms with Gasteiger partial charge in [0.15, 0.2) is 0 Å². The molecule has 2 amide bonds. The standard InChI is InChI=1S/C23H18ClN3O4/c24-16-8-9-18-19(11-16)26-21(28)20(12-17-3-1-2-10-25-17)27(22(18)29)13-14-4-6-15(7-5-14)23(30)31/h1-11,20H,12-13H2,(H,26,28)(H,30,31)/t20-/m0/s1. The maximum atomic E-state index is 13.4. The Morgan fingerprint density at radius 1 is 1.10 bits per heavy atom. The van der Waals surface area contributed by atoms with E-state index in [4.69, 9.17) is 16.7 Å². The predicted molar refractivity (Wildman–Crippen MR) is 115 cm³/mol. The third-order valence-corrected chi connectivity index (χ3v) is 5.33. The highest BCUT2D eigenvalue weighted by Crippen LogP contribution is 2.28. The highest BCUT2D eigenvalue weighted by atomic mass is 35.5. The second-order valence-electron chi connectivity index (χ2n) is 7.16. The van der Waals surface area contributed by atoms with Crippen LogP contribution in [-0.4, -0.2) is 38.8 Å². The van der Waals surface area contributed by atoms with Crippen molar-refractivity contribution in [3.05, 3.63) is 94.3 Å². The van der Waals surface area contributed by atoms with E-state index < -0.39 is 12.0 Å². The van der Waals surface area contributed by atoms with E-state index in [1.807, 2.05) is 6.07 Å². The van der Waals surface area contributed by atoms with Crippen molar-refractivity contribution in [2.75, 3.05) is 5.32 Å². The number of rotatable bonds is 5. The van der Waals surface area contributed by atoms with Gasteiger partial charge in [0.05, 0.1) is 16.8 Å². The maximum Gasteiger partial charge on any atom is 0.335 e. The summed E-state index contributed by atoms with van der Waals surface area (Å²) in [6.07, 6.45) is 1.86. The fourth-order valence-electron chi connectivity index (χ4n) is 3.51. The molecule has 2 heterocycles. The Labute approximate surface area is 183 Å². The molecule has 0 aliphatic carbocycles. The molecule has 0 saturated carbocycles. The Balaban J connectivity index is 1.73. The molecule has 8 heteroatoms. The number of anilines is 1. The number of carbonyl (C=O) groups excluding carboxylic acids is 2. The van der Waals surface area contributed by atoms with E-state index in [9.17, 15) is 14.4 Å². The molecular formula is C23H18ClN3O4. The van der Waals surface area contributed by atoms with E-state index in [2.05, 4.69) is 10.3 Å². The third kappa shape index (κ3) is 4.41. The predicted octanol–water partition coefficient (Wildman–Crippen LogP) is 3.64. The summed E-state index contributed by atoms with van der Waals surface area (Å²) in [5.74, 6) is -1.70. The first-order valence-electron chi connectivity index (χ1n) is 9.56. The van der Waals surface area contributed by atoms with Crippen molar-refractivity contribution in [2.24, 2.45) is 0 Å². The van der Waals surface area contributed by atoms with Crippen molar-refractivity contribution in [3.63, 3.8) is 0 Å². The fourth-order valence-corrected chi connectivity index (χ4v) is 3.68. The van der Waals surface area contributed by atoms with Gasteiger partial charge in [-0.05, 0) is 48.0 Å². The van der Waals surface area contributed by atoms with Crippen LogP contribution in [0.25, 0.3) is 0 Å². The lowest BCUT2D eigenvalue weighted by atomic mass is 10.1. The number of benzene rings is 2. The van der Waals surface area contributed by atoms with Crippen LogP contribution in [-0.2, 0) is 17.8 Å². The Hall–Kier alpha value is -3.71. The van der Waals surface area contributed by atoms with Crippen LogP contribution >= 0.6 is 11.6 Å². The lowest BCUT2D eigenvalue weighted by Gasteiger charge is -2.28. The zero-order valence-electron chi connectivity index (χ0n) is 16.3. The molecule has 1 aliphatic heterocycles. The van der Waals surface area contributed by atoms with E-state index in [0.717, 1.165) is 0 Å². The zero-order valence-corrected chi connectivity index (χ0v) is 17.0. The van der Waals surface area contributed by atoms with Gasteiger partial charge >= 0.3 is 5.97 Å². The lowest BCUT2D eigenvalue weighted by molar-refractivity contribution is -0.120. The van der Waals surface area contributed by atoms with E-state index in [0.29, 0.717) is 27.5 Å². The normalized spacial score (nSPS) is 15.8. The number of aromatic carboxylic acids is 1. The smallest absolute Gasteiger partial charge is 0.335 e. The molecule has 2 aromatic carbocycles. The lowest BCUT2D eigenvalue weighted by Crippen LogP contribution is -2.46. The summed E-state index contributed by atoms with van der Waals surface area (Å²) < 4.78 is 0. The molecule has 1 aromatic heterocycles. The molecule has 0 fully saturated rings. The molecule has 31 heavy (non-hydrogen) atoms. The van der Waals surface area contributed by atoms with Gasteiger partial charge in [0.25, 0.3) is 5.91 Å². The van der Waals surface area contributed by atoms with Crippen LogP contribution in [0.2, 0.25) is 5.02 Å². The molecule has 1 aliphatic rings. The average molecular weight is 436 g/mol. The van der Waals surface area contributed by atoms with Crippen LogP contribution in [0.3, 0.4) is 0 Å². The van der Waals surface area contributed by atoms with Crippen molar-refractivity contribution >= 4 is 35.1 Å². The first-order valence-corrected chi connectivity index (χ1v) is 9.93. The minimum absolute atomic E-state index is 0.131. The topological polar surface area (TPSA) is 99.6 Å². The van der Waals surface area contributed by atoms with Gasteiger partial charge in [-0.3, -0.25) is 14.6 Å². The highest BCUT2D eigenvalue weighted by Gasteiger charge is 2.35. The number of pyridine rings is 1. The quantitative estimate of drug-likeness (QED) is 0.637. The highest BCUT2D eigenvalue weighted by molar-refractivity contribution is 6.31. The van der Waals surface area contributed by atoms with Crippen molar-refractivity contribution in [2.45, 2.75) is 19.0 Å². The summed E-state index contributed by atoms with van der Waals surface area (Å²) in [5.41, 5.74) is 2.22. The molecule has 1 atom stereocenters. The minimum atomic E-state index is -1.03. The summed E-state index contributed by atoms with van der Waals surface area (Å²) in [6, 6.07) is 15.6. The van der Waals surface area contributed by atoms with Crippen LogP contribution in [0.4, 0.5) is 5.69 Å². The molecule has 2 N–H and O–H groups in total. The Bertz CT molecular complexity index is 1150. The van der Waals surface area contributed by atoms with Gasteiger partial charge in [0.1, 0.15) is 6.04 Å². The van der Waals surface area contributed by atoms with Gasteiger partial charge in [0, 0.05) is 29.9 Å². The summed E-state index contributed by atoms with van der Waals surface area (Å²) in [5, 5.41) is 12.3. The molecular weight excluding hydrogens is 418 g/mol. The molecule has 0 bridgehead atoms. The number of hydrogen-bond donors (Lipinski definition) is 2. The maximum absolute atomic E-state index is 13.4. The van der Waals surface area contributed by atoms with E-state index >= 15 is 0 Å². The van der Waals surface area contributed by atoms with Crippen molar-refractivity contribution in [1.82, 2.24) is 9.88 Å². The molecule has 0 radical (unpaired) electrons. The fraction of sp³-hybridized carbons (Fsp3) is 0.130. The Kier molecular flexibility index (Phi) is 5.68. The number of halogens is 1. The van der Waals surface area contributed by atoms with Crippen molar-refractivity contribution in [1.29, 1.82) is 0 Å². The summed E-state index contributed by atoms with van der Waals surface area (Å²) >= 11 is 6.06. The van der Waals surface area contributed by atoms with Gasteiger partial charge in [-0.1, -0.05) is 29.8 Å². The van der Waals surface area contributed by atoms with Gasteiger partial charge in [-0.15, -0.1) is 0 Å². The largest absolute Gasteiger partial charge is 0.478 e. The number of fused-ring (bicyclic) bond motifs is 1. The Morgan fingerprint density at radius 2 is 1.87 bits per heavy atom. The number of carbonyl (C=O) groups is 3. The third-order valence-electron chi connectivity index (χ3n) is 5.09. The number of nitrogens with zero attached hydrogens (tertiary/aromatic N) is 2. The SMILES string of the molecule is O=C(O)c1ccc(CN2C(=O)c3ccc(Cl)cc3NC(=O)[C@@H]2Cc2ccccn2)cc1. The molecule has 7 nitrogen and oxygen atoms in total. The van der Waals surface area contributed by atoms with E-state index in [-0.39, 0.29) is 30.3 Å². The van der Waals surface area contributed by atoms with Crippen molar-refractivity contribution < 1.29 is 19.5 Å². The molecule has 0 unspecified atom stereocenters. The summed E-state index contributed by atoms with van der Waals surface area (Å²) in [7, 11) is 0. The zero-order chi connectivity index (χ0) is 22.0. The van der Waals surface area contributed by atoms with Crippen LogP contribution in [0.5, 0.6) is 0 Å². The minimum Gasteiger partial charge on any atom is -0.478 e. The number of amides is 2. The number of aromatic nitrogens is 1. The second kappa shape index (κ2) is 8.57. The molecule has 0 saturated heterocycles. The van der Waals surface area contributed by atoms with Gasteiger partial charge in [0.2, 0.25) is 5.91 Å². The van der Waals surface area contributed by atoms with Crippen LogP contribution in [0.15, 0.2) is 66.9 Å². The van der Waals surface area contributed by atoms with E-state index in [1.54, 1.807) is 48.7 Å². The monoisotopic (exact) mass is 435 g/mol. The van der Waals surface area contributed by atoms with Crippen LogP contribution in [0.1, 0.15) is 32.0 Å². The molecule has 3 aromatic rings. The summed E-state index contributed by atoms with van der Waals surface area (Å²) in [4.78, 5) is 43.5. The second-order valence-corrected chi connectivity index (χ2v) is 7.59. The number of hydrogen-bond acceptors (Lipinski definition) is 4. The van der Waals surface area contributed by atoms with Crippen molar-refractivity contribution in [3.8, 4) is 0 Å². The van der Waals surface area contributed by atoms with Gasteiger partial charge in [-0.25, -0.2) is 4.79 Å². The van der Waals surface area contributed by atoms with E-state index in [1.165, 1.54) is 17.0 Å². The molecule has 156 valence electrons. The summed E-state index contributed by atoms with van der Waals surface area (Å²) in [6.45, 7) is 0.131. The van der Waals surface area contributed by atoms with Gasteiger partial charge in [-0.2, -0.15) is 0 Å². The van der Waals surface area contributed by atoms with Gasteiger partial charge < -0.3 is 15.3 Å². The molecule has 0 spiro atoms. The number of carboxylic acid groups (broad SMARTS) is 1. The Morgan fingerprint density at radius 3 is 2.55 bits per heavy atom. The molecule has 4 rings (SSSR count). The van der Waals surface area contributed by atoms with Crippen LogP contribution < -0.4 is 5.32 Å².